The molecule has 16 heteroatoms. The van der Waals surface area contributed by atoms with Crippen LogP contribution in [0.2, 0.25) is 0 Å². The van der Waals surface area contributed by atoms with Gasteiger partial charge in [-0.25, -0.2) is 0 Å². The van der Waals surface area contributed by atoms with Crippen molar-refractivity contribution >= 4 is 35.5 Å². The number of likely N-dealkylation sites (N-methyl/N-ethyl adjacent to an activating group) is 1. The molecule has 0 radical (unpaired) electrons. The van der Waals surface area contributed by atoms with Crippen molar-refractivity contribution in [2.45, 2.75) is 75.2 Å². The first-order valence-electron chi connectivity index (χ1n) is 15.3. The summed E-state index contributed by atoms with van der Waals surface area (Å²) in [6.07, 6.45) is 1.15. The first-order valence-corrected chi connectivity index (χ1v) is 15.3. The molecule has 0 unspecified atom stereocenters. The normalized spacial score (nSPS) is 23.9. The second-order valence-corrected chi connectivity index (χ2v) is 11.8. The molecule has 1 aromatic rings. The lowest BCUT2D eigenvalue weighted by molar-refractivity contribution is -0.150. The maximum atomic E-state index is 14.5. The molecule has 254 valence electrons. The maximum Gasteiger partial charge on any atom is 0.305 e. The van der Waals surface area contributed by atoms with E-state index in [-0.39, 0.29) is 25.3 Å². The second kappa shape index (κ2) is 16.9. The number of nitrogens with one attached hydrogen (secondary N) is 3. The number of aliphatic hydroxyl groups is 1. The largest absolute Gasteiger partial charge is 0.508 e. The summed E-state index contributed by atoms with van der Waals surface area (Å²) < 4.78 is 0. The van der Waals surface area contributed by atoms with Crippen LogP contribution in [0.25, 0.3) is 0 Å². The lowest BCUT2D eigenvalue weighted by Crippen LogP contribution is -2.63. The Morgan fingerprint density at radius 1 is 0.978 bits per heavy atom. The zero-order valence-corrected chi connectivity index (χ0v) is 26.2. The number of nitrogens with zero attached hydrogens (tertiary/aromatic N) is 3. The highest BCUT2D eigenvalue weighted by Crippen LogP contribution is 2.23. The predicted molar refractivity (Wildman–Crippen MR) is 164 cm³/mol. The fourth-order valence-corrected chi connectivity index (χ4v) is 5.63. The van der Waals surface area contributed by atoms with Crippen LogP contribution < -0.4 is 21.7 Å². The van der Waals surface area contributed by atoms with Crippen LogP contribution in [-0.4, -0.2) is 136 Å². The first-order chi connectivity index (χ1) is 21.9. The van der Waals surface area contributed by atoms with Crippen molar-refractivity contribution in [2.24, 2.45) is 5.73 Å². The van der Waals surface area contributed by atoms with Crippen LogP contribution in [0.3, 0.4) is 0 Å². The third-order valence-electron chi connectivity index (χ3n) is 8.14. The minimum Gasteiger partial charge on any atom is -0.508 e. The van der Waals surface area contributed by atoms with Crippen molar-refractivity contribution < 1.29 is 44.1 Å². The monoisotopic (exact) mass is 647 g/mol. The molecule has 0 bridgehead atoms. The Kier molecular flexibility index (Phi) is 13.3. The van der Waals surface area contributed by atoms with Gasteiger partial charge in [0.25, 0.3) is 0 Å². The van der Waals surface area contributed by atoms with E-state index in [0.717, 1.165) is 0 Å². The van der Waals surface area contributed by atoms with E-state index in [4.69, 9.17) is 5.73 Å². The number of unbranched alkanes of at least 4 members (excludes halogenated alkanes) is 1. The Bertz CT molecular complexity index is 1260. The molecular weight excluding hydrogens is 602 g/mol. The number of phenols is 1. The summed E-state index contributed by atoms with van der Waals surface area (Å²) in [4.78, 5) is 84.2. The van der Waals surface area contributed by atoms with Crippen molar-refractivity contribution in [2.75, 3.05) is 40.5 Å². The highest BCUT2D eigenvalue weighted by Gasteiger charge is 2.41. The van der Waals surface area contributed by atoms with Crippen LogP contribution in [0.15, 0.2) is 24.3 Å². The molecule has 46 heavy (non-hydrogen) atoms. The highest BCUT2D eigenvalue weighted by atomic mass is 16.4. The number of aromatic hydroxyl groups is 1. The molecule has 2 heterocycles. The van der Waals surface area contributed by atoms with Gasteiger partial charge in [0, 0.05) is 27.1 Å². The molecule has 0 saturated carbocycles. The zero-order chi connectivity index (χ0) is 34.0. The van der Waals surface area contributed by atoms with Crippen molar-refractivity contribution in [3.63, 3.8) is 0 Å². The zero-order valence-electron chi connectivity index (χ0n) is 26.2. The lowest BCUT2D eigenvalue weighted by atomic mass is 10.0. The number of benzene rings is 1. The number of carbonyl (C=O) groups excluding carboxylic acids is 5. The molecule has 5 amide bonds. The van der Waals surface area contributed by atoms with Crippen LogP contribution in [0, 0.1) is 0 Å². The van der Waals surface area contributed by atoms with E-state index < -0.39 is 78.7 Å². The molecule has 2 saturated heterocycles. The molecule has 3 rings (SSSR count). The van der Waals surface area contributed by atoms with Crippen molar-refractivity contribution in [3.05, 3.63) is 29.8 Å². The third kappa shape index (κ3) is 9.61. The van der Waals surface area contributed by atoms with Gasteiger partial charge < -0.3 is 46.8 Å². The van der Waals surface area contributed by atoms with Crippen LogP contribution in [0.4, 0.5) is 0 Å². The van der Waals surface area contributed by atoms with E-state index in [0.29, 0.717) is 44.3 Å². The Morgan fingerprint density at radius 2 is 1.61 bits per heavy atom. The van der Waals surface area contributed by atoms with E-state index in [1.54, 1.807) is 31.1 Å². The summed E-state index contributed by atoms with van der Waals surface area (Å²) in [6.45, 7) is -0.308. The summed E-state index contributed by atoms with van der Waals surface area (Å²) >= 11 is 0. The third-order valence-corrected chi connectivity index (χ3v) is 8.14. The molecule has 1 aromatic carbocycles. The number of nitrogens with two attached hydrogens (primary N) is 1. The van der Waals surface area contributed by atoms with E-state index in [1.165, 1.54) is 21.9 Å². The van der Waals surface area contributed by atoms with Crippen LogP contribution in [0.1, 0.15) is 44.1 Å². The van der Waals surface area contributed by atoms with E-state index in [1.807, 2.05) is 0 Å². The standard InChI is InChI=1S/C30H45N7O9/c1-35(2)30(46)24(14-18-8-10-19(39)11-9-18)37-17-36-13-5-7-23(36)28(44)34-22(16-38)27(43)33-21(15-25(40)41)26(42)32-20(29(37)45)6-3-4-12-31/h8-11,20-24,38-39H,3-7,12-17,31H2,1-2H3,(H,32,42)(H,33,43)(H,34,44)(H,40,41)/t20-,21-,22-,23-,24-/m0/s1. The summed E-state index contributed by atoms with van der Waals surface area (Å²) in [5.41, 5.74) is 6.32. The molecule has 0 aromatic heterocycles. The van der Waals surface area contributed by atoms with Gasteiger partial charge in [0.15, 0.2) is 0 Å². The molecule has 5 atom stereocenters. The number of aliphatic hydroxyl groups excluding tert-OH is 1. The van der Waals surface area contributed by atoms with Crippen LogP contribution in [0.5, 0.6) is 5.75 Å². The van der Waals surface area contributed by atoms with E-state index in [9.17, 15) is 44.1 Å². The number of fused-ring (bicyclic) bond motifs is 1. The summed E-state index contributed by atoms with van der Waals surface area (Å²) in [5.74, 6) is -4.99. The molecule has 2 aliphatic rings. The molecule has 16 nitrogen and oxygen atoms in total. The van der Waals surface area contributed by atoms with E-state index >= 15 is 0 Å². The molecule has 8 N–H and O–H groups in total. The Morgan fingerprint density at radius 3 is 2.22 bits per heavy atom. The first kappa shape index (κ1) is 36.2. The number of hydrogen-bond acceptors (Lipinski definition) is 10. The SMILES string of the molecule is CN(C)C(=O)[C@H](Cc1ccc(O)cc1)N1CN2CCC[C@H]2C(=O)N[C@@H](CO)C(=O)N[C@@H](CC(=O)O)C(=O)N[C@@H](CCCCN)C1=O. The smallest absolute Gasteiger partial charge is 0.305 e. The Hall–Kier alpha value is -4.28. The van der Waals surface area contributed by atoms with Crippen molar-refractivity contribution in [1.82, 2.24) is 30.7 Å². The molecule has 2 fully saturated rings. The molecule has 0 spiro atoms. The van der Waals surface area contributed by atoms with Crippen LogP contribution >= 0.6 is 0 Å². The van der Waals surface area contributed by atoms with Gasteiger partial charge in [0.1, 0.15) is 29.9 Å². The van der Waals surface area contributed by atoms with Gasteiger partial charge in [0.2, 0.25) is 29.5 Å². The highest BCUT2D eigenvalue weighted by molar-refractivity contribution is 5.97. The second-order valence-electron chi connectivity index (χ2n) is 11.8. The number of carbonyl (C=O) groups is 6. The van der Waals surface area contributed by atoms with Gasteiger partial charge in [-0.2, -0.15) is 0 Å². The average molecular weight is 648 g/mol. The van der Waals surface area contributed by atoms with Gasteiger partial charge in [-0.05, 0) is 56.3 Å². The topological polar surface area (TPSA) is 235 Å². The Balaban J connectivity index is 2.14. The minimum atomic E-state index is -1.64. The lowest BCUT2D eigenvalue weighted by Gasteiger charge is -2.39. The minimum absolute atomic E-state index is 0.0198. The number of carboxylic acid groups (broad SMARTS) is 1. The molecule has 2 aliphatic heterocycles. The predicted octanol–water partition coefficient (Wildman–Crippen LogP) is -2.29. The van der Waals surface area contributed by atoms with Gasteiger partial charge in [-0.1, -0.05) is 12.1 Å². The number of carboxylic acids is 1. The number of phenolic OH excluding ortho intramolecular Hbond substituents is 1. The summed E-state index contributed by atoms with van der Waals surface area (Å²) in [7, 11) is 3.09. The maximum absolute atomic E-state index is 14.5. The van der Waals surface area contributed by atoms with Crippen molar-refractivity contribution in [1.29, 1.82) is 0 Å². The van der Waals surface area contributed by atoms with Crippen molar-refractivity contribution in [3.8, 4) is 5.75 Å². The number of amides is 5. The van der Waals surface area contributed by atoms with Gasteiger partial charge in [-0.15, -0.1) is 0 Å². The van der Waals surface area contributed by atoms with Crippen LogP contribution in [-0.2, 0) is 35.2 Å². The molecular formula is C30H45N7O9. The number of rotatable bonds is 11. The van der Waals surface area contributed by atoms with Gasteiger partial charge >= 0.3 is 5.97 Å². The fraction of sp³-hybridized carbons (Fsp3) is 0.600. The average Bonchev–Trinajstić information content (AvgIpc) is 3.48. The quantitative estimate of drug-likeness (QED) is 0.126. The summed E-state index contributed by atoms with van der Waals surface area (Å²) in [6, 6.07) is -0.0987. The number of aliphatic carboxylic acids is 1. The van der Waals surface area contributed by atoms with E-state index in [2.05, 4.69) is 16.0 Å². The number of hydrogen-bond donors (Lipinski definition) is 7. The van der Waals surface area contributed by atoms with Gasteiger partial charge in [0.05, 0.1) is 25.7 Å². The molecule has 0 aliphatic carbocycles. The summed E-state index contributed by atoms with van der Waals surface area (Å²) in [5, 5.41) is 36.6. The fourth-order valence-electron chi connectivity index (χ4n) is 5.63. The Labute approximate surface area is 267 Å². The van der Waals surface area contributed by atoms with Gasteiger partial charge in [-0.3, -0.25) is 33.7 Å².